The third-order valence-electron chi connectivity index (χ3n) is 3.35. The van der Waals surface area contributed by atoms with E-state index in [1.165, 1.54) is 6.33 Å². The first-order chi connectivity index (χ1) is 9.24. The van der Waals surface area contributed by atoms with Crippen molar-refractivity contribution in [3.63, 3.8) is 0 Å². The zero-order chi connectivity index (χ0) is 13.8. The van der Waals surface area contributed by atoms with Crippen molar-refractivity contribution >= 4 is 11.6 Å². The highest BCUT2D eigenvalue weighted by atomic mass is 16.5. The van der Waals surface area contributed by atoms with E-state index in [1.807, 2.05) is 0 Å². The van der Waals surface area contributed by atoms with Gasteiger partial charge in [-0.25, -0.2) is 9.97 Å². The number of ether oxygens (including phenoxy) is 3. The predicted molar refractivity (Wildman–Crippen MR) is 71.9 cm³/mol. The Morgan fingerprint density at radius 2 is 1.79 bits per heavy atom. The minimum Gasteiger partial charge on any atom is -0.490 e. The molecule has 0 bridgehead atoms. The lowest BCUT2D eigenvalue weighted by Crippen LogP contribution is -2.27. The Balaban J connectivity index is 2.28. The second-order valence-corrected chi connectivity index (χ2v) is 4.28. The highest BCUT2D eigenvalue weighted by molar-refractivity contribution is 5.65. The summed E-state index contributed by atoms with van der Waals surface area (Å²) in [5, 5.41) is 3.00. The summed E-state index contributed by atoms with van der Waals surface area (Å²) in [6, 6.07) is 0. The molecule has 2 unspecified atom stereocenters. The van der Waals surface area contributed by atoms with Gasteiger partial charge in [0.2, 0.25) is 5.75 Å². The molecular weight excluding hydrogens is 248 g/mol. The van der Waals surface area contributed by atoms with E-state index in [0.29, 0.717) is 24.7 Å². The number of nitrogens with one attached hydrogen (secondary N) is 1. The van der Waals surface area contributed by atoms with Crippen LogP contribution in [0.4, 0.5) is 11.6 Å². The lowest BCUT2D eigenvalue weighted by Gasteiger charge is -2.20. The van der Waals surface area contributed by atoms with Gasteiger partial charge in [-0.15, -0.1) is 0 Å². The number of methoxy groups -OCH3 is 3. The van der Waals surface area contributed by atoms with Crippen LogP contribution in [0.25, 0.3) is 0 Å². The van der Waals surface area contributed by atoms with Crippen LogP contribution in [0.2, 0.25) is 0 Å². The molecule has 0 spiro atoms. The molecule has 1 aliphatic heterocycles. The molecule has 106 valence electrons. The fraction of sp³-hybridized carbons (Fsp3) is 0.667. The second-order valence-electron chi connectivity index (χ2n) is 4.28. The first kappa shape index (κ1) is 13.8. The second kappa shape index (κ2) is 6.03. The van der Waals surface area contributed by atoms with Gasteiger partial charge in [0.25, 0.3) is 0 Å². The van der Waals surface area contributed by atoms with E-state index in [4.69, 9.17) is 14.2 Å². The van der Waals surface area contributed by atoms with Crippen molar-refractivity contribution in [2.24, 2.45) is 0 Å². The summed E-state index contributed by atoms with van der Waals surface area (Å²) in [4.78, 5) is 10.5. The zero-order valence-corrected chi connectivity index (χ0v) is 11.7. The summed E-state index contributed by atoms with van der Waals surface area (Å²) in [6.07, 6.45) is 1.58. The van der Waals surface area contributed by atoms with Gasteiger partial charge in [-0.1, -0.05) is 0 Å². The Kier molecular flexibility index (Phi) is 4.39. The van der Waals surface area contributed by atoms with Crippen LogP contribution in [0.1, 0.15) is 0 Å². The van der Waals surface area contributed by atoms with Crippen LogP contribution >= 0.6 is 0 Å². The molecule has 0 radical (unpaired) electrons. The third-order valence-corrected chi connectivity index (χ3v) is 3.35. The van der Waals surface area contributed by atoms with E-state index < -0.39 is 0 Å². The van der Waals surface area contributed by atoms with Gasteiger partial charge in [-0.05, 0) is 0 Å². The monoisotopic (exact) mass is 268 g/mol. The molecule has 1 aromatic rings. The van der Waals surface area contributed by atoms with Crippen LogP contribution in [-0.2, 0) is 9.47 Å². The van der Waals surface area contributed by atoms with E-state index in [9.17, 15) is 0 Å². The maximum Gasteiger partial charge on any atom is 0.204 e. The minimum absolute atomic E-state index is 0.0303. The molecule has 7 heteroatoms. The van der Waals surface area contributed by atoms with Gasteiger partial charge in [0, 0.05) is 34.4 Å². The average molecular weight is 268 g/mol. The van der Waals surface area contributed by atoms with Crippen LogP contribution in [0, 0.1) is 0 Å². The molecule has 1 N–H and O–H groups in total. The highest BCUT2D eigenvalue weighted by Gasteiger charge is 2.35. The van der Waals surface area contributed by atoms with Gasteiger partial charge in [0.15, 0.2) is 11.6 Å². The van der Waals surface area contributed by atoms with E-state index in [0.717, 1.165) is 5.82 Å². The maximum atomic E-state index is 5.43. The van der Waals surface area contributed by atoms with E-state index in [2.05, 4.69) is 20.2 Å². The predicted octanol–water partition coefficient (Wildman–Crippen LogP) is 0.377. The van der Waals surface area contributed by atoms with Gasteiger partial charge in [0.05, 0.1) is 7.11 Å². The van der Waals surface area contributed by atoms with E-state index in [1.54, 1.807) is 28.4 Å². The molecule has 1 saturated heterocycles. The van der Waals surface area contributed by atoms with Crippen molar-refractivity contribution in [3.8, 4) is 5.75 Å². The summed E-state index contributed by atoms with van der Waals surface area (Å²) < 4.78 is 16.3. The molecule has 19 heavy (non-hydrogen) atoms. The largest absolute Gasteiger partial charge is 0.490 e. The molecule has 0 aromatic carbocycles. The average Bonchev–Trinajstić information content (AvgIpc) is 2.89. The Morgan fingerprint density at radius 3 is 2.26 bits per heavy atom. The fourth-order valence-electron chi connectivity index (χ4n) is 2.33. The number of hydrogen-bond acceptors (Lipinski definition) is 7. The molecule has 2 heterocycles. The highest BCUT2D eigenvalue weighted by Crippen LogP contribution is 2.34. The SMILES string of the molecule is CNc1ncnc(N2CC(OC)C(OC)C2)c1OC. The molecular formula is C12H20N4O3. The molecule has 1 fully saturated rings. The van der Waals surface area contributed by atoms with Gasteiger partial charge in [0.1, 0.15) is 18.5 Å². The Morgan fingerprint density at radius 1 is 1.16 bits per heavy atom. The van der Waals surface area contributed by atoms with E-state index in [-0.39, 0.29) is 12.2 Å². The minimum atomic E-state index is 0.0303. The summed E-state index contributed by atoms with van der Waals surface area (Å²) in [5.41, 5.74) is 0. The Bertz CT molecular complexity index is 417. The summed E-state index contributed by atoms with van der Waals surface area (Å²) in [5.74, 6) is 2.06. The first-order valence-electron chi connectivity index (χ1n) is 6.12. The van der Waals surface area contributed by atoms with Crippen LogP contribution in [0.15, 0.2) is 6.33 Å². The van der Waals surface area contributed by atoms with Crippen LogP contribution in [0.3, 0.4) is 0 Å². The summed E-state index contributed by atoms with van der Waals surface area (Å²) in [6.45, 7) is 1.43. The topological polar surface area (TPSA) is 68.7 Å². The fourth-order valence-corrected chi connectivity index (χ4v) is 2.33. The van der Waals surface area contributed by atoms with Crippen molar-refractivity contribution in [3.05, 3.63) is 6.33 Å². The van der Waals surface area contributed by atoms with Gasteiger partial charge in [-0.2, -0.15) is 0 Å². The van der Waals surface area contributed by atoms with Crippen molar-refractivity contribution in [1.29, 1.82) is 0 Å². The first-order valence-corrected chi connectivity index (χ1v) is 6.12. The Hall–Kier alpha value is -1.60. The van der Waals surface area contributed by atoms with Crippen LogP contribution in [0.5, 0.6) is 5.75 Å². The summed E-state index contributed by atoms with van der Waals surface area (Å²) >= 11 is 0. The van der Waals surface area contributed by atoms with Gasteiger partial charge in [-0.3, -0.25) is 0 Å². The maximum absolute atomic E-state index is 5.43. The van der Waals surface area contributed by atoms with Gasteiger partial charge < -0.3 is 24.4 Å². The number of anilines is 2. The van der Waals surface area contributed by atoms with Crippen molar-refractivity contribution in [2.45, 2.75) is 12.2 Å². The number of aromatic nitrogens is 2. The standard InChI is InChI=1S/C12H20N4O3/c1-13-11-10(19-4)12(15-7-14-11)16-5-8(17-2)9(6-16)18-3/h7-9H,5-6H2,1-4H3,(H,13,14,15). The van der Waals surface area contributed by atoms with Crippen LogP contribution in [-0.4, -0.2) is 63.6 Å². The molecule has 7 nitrogen and oxygen atoms in total. The van der Waals surface area contributed by atoms with Gasteiger partial charge >= 0.3 is 0 Å². The lowest BCUT2D eigenvalue weighted by molar-refractivity contribution is -0.00461. The normalized spacial score (nSPS) is 22.6. The lowest BCUT2D eigenvalue weighted by atomic mass is 10.3. The smallest absolute Gasteiger partial charge is 0.204 e. The quantitative estimate of drug-likeness (QED) is 0.827. The van der Waals surface area contributed by atoms with E-state index >= 15 is 0 Å². The third kappa shape index (κ3) is 2.57. The molecule has 2 atom stereocenters. The molecule has 0 amide bonds. The number of rotatable bonds is 5. The molecule has 1 aliphatic rings. The number of hydrogen-bond donors (Lipinski definition) is 1. The van der Waals surface area contributed by atoms with Crippen molar-refractivity contribution in [1.82, 2.24) is 9.97 Å². The Labute approximate surface area is 112 Å². The summed E-state index contributed by atoms with van der Waals surface area (Å²) in [7, 11) is 6.79. The molecule has 0 aliphatic carbocycles. The van der Waals surface area contributed by atoms with Crippen molar-refractivity contribution < 1.29 is 14.2 Å². The molecule has 0 saturated carbocycles. The van der Waals surface area contributed by atoms with Crippen LogP contribution < -0.4 is 15.0 Å². The number of nitrogens with zero attached hydrogens (tertiary/aromatic N) is 3. The zero-order valence-electron chi connectivity index (χ0n) is 11.7. The molecule has 2 rings (SSSR count). The molecule has 1 aromatic heterocycles. The van der Waals surface area contributed by atoms with Crippen molar-refractivity contribution in [2.75, 3.05) is 51.7 Å².